The monoisotopic (exact) mass is 338 g/mol. The minimum absolute atomic E-state index is 0.182. The fourth-order valence-electron chi connectivity index (χ4n) is 2.46. The Kier molecular flexibility index (Phi) is 4.74. The first kappa shape index (κ1) is 16.6. The summed E-state index contributed by atoms with van der Waals surface area (Å²) < 4.78 is 5.12. The van der Waals surface area contributed by atoms with Crippen LogP contribution in [0, 0.1) is 0 Å². The number of benzene rings is 1. The summed E-state index contributed by atoms with van der Waals surface area (Å²) in [5, 5.41) is 10.2. The Hall–Kier alpha value is -3.22. The highest BCUT2D eigenvalue weighted by Crippen LogP contribution is 2.19. The smallest absolute Gasteiger partial charge is 0.257 e. The van der Waals surface area contributed by atoms with E-state index < -0.39 is 0 Å². The number of aryl methyl sites for hydroxylation is 1. The van der Waals surface area contributed by atoms with Gasteiger partial charge in [0, 0.05) is 24.0 Å². The molecule has 3 aromatic rings. The van der Waals surface area contributed by atoms with Crippen molar-refractivity contribution in [2.45, 2.75) is 20.3 Å². The predicted molar refractivity (Wildman–Crippen MR) is 93.6 cm³/mol. The number of nitrogens with zero attached hydrogens (tertiary/aromatic N) is 2. The van der Waals surface area contributed by atoms with Crippen LogP contribution in [-0.4, -0.2) is 28.5 Å². The van der Waals surface area contributed by atoms with Gasteiger partial charge in [-0.2, -0.15) is 0 Å². The number of hydrogen-bond donors (Lipinski definition) is 2. The van der Waals surface area contributed by atoms with Gasteiger partial charge in [0.2, 0.25) is 0 Å². The Balaban J connectivity index is 1.82. The van der Waals surface area contributed by atoms with E-state index in [1.807, 2.05) is 13.8 Å². The standard InChI is InChI=1S/C18H18N4O3/c1-3-15-14-9-12(10-20-18(14)25-22-15)17(24)21-13-7-5-6-11(8-13)16(23)19-4-2/h5-10H,3-4H2,1-2H3,(H,19,23)(H,21,24). The number of amides is 2. The number of nitrogens with one attached hydrogen (secondary N) is 2. The van der Waals surface area contributed by atoms with Crippen LogP contribution in [0.3, 0.4) is 0 Å². The summed E-state index contributed by atoms with van der Waals surface area (Å²) in [7, 11) is 0. The maximum Gasteiger partial charge on any atom is 0.257 e. The lowest BCUT2D eigenvalue weighted by Crippen LogP contribution is -2.22. The molecule has 25 heavy (non-hydrogen) atoms. The van der Waals surface area contributed by atoms with Crippen molar-refractivity contribution in [2.24, 2.45) is 0 Å². The number of anilines is 1. The largest absolute Gasteiger partial charge is 0.352 e. The topological polar surface area (TPSA) is 97.1 Å². The van der Waals surface area contributed by atoms with Gasteiger partial charge in [-0.1, -0.05) is 18.1 Å². The summed E-state index contributed by atoms with van der Waals surface area (Å²) in [5.41, 5.74) is 2.59. The van der Waals surface area contributed by atoms with Crippen LogP contribution in [-0.2, 0) is 6.42 Å². The van der Waals surface area contributed by atoms with Crippen molar-refractivity contribution in [1.29, 1.82) is 0 Å². The molecule has 0 saturated carbocycles. The molecule has 128 valence electrons. The fourth-order valence-corrected chi connectivity index (χ4v) is 2.46. The second-order valence-corrected chi connectivity index (χ2v) is 5.45. The zero-order valence-electron chi connectivity index (χ0n) is 14.0. The maximum absolute atomic E-state index is 12.5. The van der Waals surface area contributed by atoms with Gasteiger partial charge in [0.05, 0.1) is 16.6 Å². The molecule has 2 N–H and O–H groups in total. The lowest BCUT2D eigenvalue weighted by molar-refractivity contribution is 0.0954. The molecular formula is C18H18N4O3. The Morgan fingerprint density at radius 3 is 2.72 bits per heavy atom. The lowest BCUT2D eigenvalue weighted by atomic mass is 10.1. The molecule has 2 amide bonds. The third kappa shape index (κ3) is 3.50. The molecule has 0 bridgehead atoms. The van der Waals surface area contributed by atoms with Gasteiger partial charge in [-0.25, -0.2) is 4.98 Å². The Labute approximate surface area is 144 Å². The molecule has 7 heteroatoms. The van der Waals surface area contributed by atoms with E-state index in [2.05, 4.69) is 20.8 Å². The SMILES string of the molecule is CCNC(=O)c1cccc(NC(=O)c2cnc3onc(CC)c3c2)c1. The van der Waals surface area contributed by atoms with Crippen LogP contribution in [0.15, 0.2) is 41.1 Å². The normalized spacial score (nSPS) is 10.6. The zero-order chi connectivity index (χ0) is 17.8. The van der Waals surface area contributed by atoms with E-state index in [4.69, 9.17) is 4.52 Å². The Morgan fingerprint density at radius 1 is 1.12 bits per heavy atom. The molecule has 0 radical (unpaired) electrons. The first-order valence-corrected chi connectivity index (χ1v) is 8.06. The summed E-state index contributed by atoms with van der Waals surface area (Å²) in [6.45, 7) is 4.35. The summed E-state index contributed by atoms with van der Waals surface area (Å²) in [6.07, 6.45) is 2.13. The van der Waals surface area contributed by atoms with E-state index in [0.717, 1.165) is 11.1 Å². The number of aromatic nitrogens is 2. The molecule has 0 spiro atoms. The molecular weight excluding hydrogens is 320 g/mol. The van der Waals surface area contributed by atoms with Crippen molar-refractivity contribution in [3.63, 3.8) is 0 Å². The van der Waals surface area contributed by atoms with Crippen LogP contribution in [0.2, 0.25) is 0 Å². The van der Waals surface area contributed by atoms with Gasteiger partial charge in [-0.3, -0.25) is 9.59 Å². The zero-order valence-corrected chi connectivity index (χ0v) is 14.0. The van der Waals surface area contributed by atoms with Gasteiger partial charge in [-0.05, 0) is 37.6 Å². The van der Waals surface area contributed by atoms with Crippen LogP contribution in [0.25, 0.3) is 11.1 Å². The Morgan fingerprint density at radius 2 is 1.96 bits per heavy atom. The van der Waals surface area contributed by atoms with E-state index in [-0.39, 0.29) is 11.8 Å². The second kappa shape index (κ2) is 7.12. The molecule has 0 unspecified atom stereocenters. The summed E-state index contributed by atoms with van der Waals surface area (Å²) >= 11 is 0. The first-order chi connectivity index (χ1) is 12.1. The molecule has 0 aliphatic heterocycles. The van der Waals surface area contributed by atoms with Crippen molar-refractivity contribution in [1.82, 2.24) is 15.5 Å². The average molecular weight is 338 g/mol. The minimum Gasteiger partial charge on any atom is -0.352 e. The molecule has 2 aromatic heterocycles. The first-order valence-electron chi connectivity index (χ1n) is 8.06. The van der Waals surface area contributed by atoms with Crippen LogP contribution >= 0.6 is 0 Å². The second-order valence-electron chi connectivity index (χ2n) is 5.45. The molecule has 0 aliphatic rings. The highest BCUT2D eigenvalue weighted by molar-refractivity contribution is 6.06. The lowest BCUT2D eigenvalue weighted by Gasteiger charge is -2.07. The fraction of sp³-hybridized carbons (Fsp3) is 0.222. The summed E-state index contributed by atoms with van der Waals surface area (Å²) in [4.78, 5) is 28.5. The summed E-state index contributed by atoms with van der Waals surface area (Å²) in [5.74, 6) is -0.496. The van der Waals surface area contributed by atoms with Crippen molar-refractivity contribution in [3.8, 4) is 0 Å². The third-order valence-corrected chi connectivity index (χ3v) is 3.72. The van der Waals surface area contributed by atoms with E-state index in [1.165, 1.54) is 6.20 Å². The van der Waals surface area contributed by atoms with Gasteiger partial charge >= 0.3 is 0 Å². The molecule has 2 heterocycles. The van der Waals surface area contributed by atoms with Crippen LogP contribution < -0.4 is 10.6 Å². The highest BCUT2D eigenvalue weighted by Gasteiger charge is 2.13. The number of rotatable bonds is 5. The van der Waals surface area contributed by atoms with Crippen LogP contribution in [0.5, 0.6) is 0 Å². The van der Waals surface area contributed by atoms with E-state index in [9.17, 15) is 9.59 Å². The van der Waals surface area contributed by atoms with Gasteiger partial charge in [-0.15, -0.1) is 0 Å². The molecule has 0 atom stereocenters. The quantitative estimate of drug-likeness (QED) is 0.745. The molecule has 7 nitrogen and oxygen atoms in total. The minimum atomic E-state index is -0.314. The van der Waals surface area contributed by atoms with Gasteiger partial charge < -0.3 is 15.2 Å². The van der Waals surface area contributed by atoms with Crippen LogP contribution in [0.1, 0.15) is 40.3 Å². The number of carbonyl (C=O) groups excluding carboxylic acids is 2. The highest BCUT2D eigenvalue weighted by atomic mass is 16.5. The van der Waals surface area contributed by atoms with Crippen molar-refractivity contribution in [3.05, 3.63) is 53.3 Å². The molecule has 0 aliphatic carbocycles. The van der Waals surface area contributed by atoms with Gasteiger partial charge in [0.15, 0.2) is 0 Å². The molecule has 1 aromatic carbocycles. The van der Waals surface area contributed by atoms with Crippen molar-refractivity contribution in [2.75, 3.05) is 11.9 Å². The van der Waals surface area contributed by atoms with Crippen molar-refractivity contribution < 1.29 is 14.1 Å². The predicted octanol–water partition coefficient (Wildman–Crippen LogP) is 2.79. The average Bonchev–Trinajstić information content (AvgIpc) is 3.04. The number of carbonyl (C=O) groups is 2. The molecule has 0 fully saturated rings. The number of fused-ring (bicyclic) bond motifs is 1. The Bertz CT molecular complexity index is 933. The molecule has 0 saturated heterocycles. The van der Waals surface area contributed by atoms with Crippen LogP contribution in [0.4, 0.5) is 5.69 Å². The number of hydrogen-bond acceptors (Lipinski definition) is 5. The van der Waals surface area contributed by atoms with E-state index in [0.29, 0.717) is 35.5 Å². The summed E-state index contributed by atoms with van der Waals surface area (Å²) in [6, 6.07) is 8.48. The van der Waals surface area contributed by atoms with Crippen molar-refractivity contribution >= 4 is 28.6 Å². The number of pyridine rings is 1. The van der Waals surface area contributed by atoms with E-state index >= 15 is 0 Å². The molecule has 3 rings (SSSR count). The maximum atomic E-state index is 12.5. The third-order valence-electron chi connectivity index (χ3n) is 3.72. The van der Waals surface area contributed by atoms with Gasteiger partial charge in [0.25, 0.3) is 17.5 Å². The van der Waals surface area contributed by atoms with E-state index in [1.54, 1.807) is 30.3 Å². The van der Waals surface area contributed by atoms with Gasteiger partial charge in [0.1, 0.15) is 0 Å².